The third kappa shape index (κ3) is 3.63. The van der Waals surface area contributed by atoms with E-state index in [0.29, 0.717) is 17.0 Å². The highest BCUT2D eigenvalue weighted by atomic mass is 79.9. The van der Waals surface area contributed by atoms with Gasteiger partial charge >= 0.3 is 0 Å². The molecule has 158 valence electrons. The molecule has 2 heterocycles. The Kier molecular flexibility index (Phi) is 5.24. The monoisotopic (exact) mass is 518 g/mol. The Hall–Kier alpha value is -2.41. The standard InChI is InChI=1S/C23H17BrCl2N2O3/c1-30-15-5-2-12(3-6-15)19-11-20-16-8-13(24)4-7-21(16)31-23(28(20)27-19)17-9-14(25)10-18(26)22(17)29/h2-10,20,23,29H,11H2,1H3/t20-,23+/m0/s1. The molecule has 0 fully saturated rings. The molecule has 3 aromatic carbocycles. The van der Waals surface area contributed by atoms with Crippen LogP contribution >= 0.6 is 39.1 Å². The van der Waals surface area contributed by atoms with Gasteiger partial charge in [0.15, 0.2) is 0 Å². The van der Waals surface area contributed by atoms with Crippen molar-refractivity contribution in [3.63, 3.8) is 0 Å². The molecule has 2 aliphatic rings. The zero-order chi connectivity index (χ0) is 21.7. The Morgan fingerprint density at radius 2 is 1.87 bits per heavy atom. The number of methoxy groups -OCH3 is 1. The van der Waals surface area contributed by atoms with E-state index in [1.54, 1.807) is 13.2 Å². The maximum atomic E-state index is 10.7. The van der Waals surface area contributed by atoms with Crippen molar-refractivity contribution in [1.29, 1.82) is 0 Å². The van der Waals surface area contributed by atoms with Crippen LogP contribution in [0.4, 0.5) is 0 Å². The minimum atomic E-state index is -0.675. The number of phenols is 1. The molecular formula is C23H17BrCl2N2O3. The summed E-state index contributed by atoms with van der Waals surface area (Å²) >= 11 is 16.0. The zero-order valence-electron chi connectivity index (χ0n) is 16.3. The number of hydrogen-bond acceptors (Lipinski definition) is 5. The Morgan fingerprint density at radius 1 is 1.10 bits per heavy atom. The Bertz CT molecular complexity index is 1200. The average Bonchev–Trinajstić information content (AvgIpc) is 3.22. The second-order valence-electron chi connectivity index (χ2n) is 7.35. The van der Waals surface area contributed by atoms with Gasteiger partial charge < -0.3 is 14.6 Å². The van der Waals surface area contributed by atoms with Crippen LogP contribution in [0.15, 0.2) is 64.2 Å². The van der Waals surface area contributed by atoms with Crippen molar-refractivity contribution in [2.75, 3.05) is 7.11 Å². The van der Waals surface area contributed by atoms with Gasteiger partial charge in [0.05, 0.1) is 29.4 Å². The normalized spacial score (nSPS) is 19.4. The number of rotatable bonds is 3. The van der Waals surface area contributed by atoms with Gasteiger partial charge in [0.2, 0.25) is 6.23 Å². The van der Waals surface area contributed by atoms with Crippen molar-refractivity contribution in [3.05, 3.63) is 85.8 Å². The Morgan fingerprint density at radius 3 is 2.61 bits per heavy atom. The highest BCUT2D eigenvalue weighted by Gasteiger charge is 2.42. The maximum absolute atomic E-state index is 10.7. The minimum absolute atomic E-state index is 0.0662. The van der Waals surface area contributed by atoms with Gasteiger partial charge in [-0.2, -0.15) is 5.10 Å². The predicted octanol–water partition coefficient (Wildman–Crippen LogP) is 6.71. The highest BCUT2D eigenvalue weighted by Crippen LogP contribution is 2.50. The minimum Gasteiger partial charge on any atom is -0.506 e. The second-order valence-corrected chi connectivity index (χ2v) is 9.11. The number of nitrogens with zero attached hydrogens (tertiary/aromatic N) is 2. The number of hydrogen-bond donors (Lipinski definition) is 1. The third-order valence-electron chi connectivity index (χ3n) is 5.50. The molecule has 5 nitrogen and oxygen atoms in total. The summed E-state index contributed by atoms with van der Waals surface area (Å²) in [5.41, 5.74) is 3.40. The van der Waals surface area contributed by atoms with Crippen LogP contribution in [0.3, 0.4) is 0 Å². The second kappa shape index (κ2) is 7.93. The molecule has 2 aliphatic heterocycles. The molecule has 2 atom stereocenters. The van der Waals surface area contributed by atoms with Gasteiger partial charge in [-0.15, -0.1) is 0 Å². The van der Waals surface area contributed by atoms with Crippen molar-refractivity contribution < 1.29 is 14.6 Å². The molecule has 3 aromatic rings. The van der Waals surface area contributed by atoms with Gasteiger partial charge in [-0.25, -0.2) is 5.01 Å². The third-order valence-corrected chi connectivity index (χ3v) is 6.50. The van der Waals surface area contributed by atoms with Gasteiger partial charge in [0, 0.05) is 21.5 Å². The van der Waals surface area contributed by atoms with E-state index in [0.717, 1.165) is 32.8 Å². The van der Waals surface area contributed by atoms with E-state index >= 15 is 0 Å². The lowest BCUT2D eigenvalue weighted by atomic mass is 9.96. The summed E-state index contributed by atoms with van der Waals surface area (Å²) in [5, 5.41) is 18.0. The lowest BCUT2D eigenvalue weighted by molar-refractivity contribution is -0.0203. The molecule has 31 heavy (non-hydrogen) atoms. The summed E-state index contributed by atoms with van der Waals surface area (Å²) in [6, 6.07) is 16.8. The fourth-order valence-electron chi connectivity index (χ4n) is 4.00. The molecule has 5 rings (SSSR count). The molecule has 8 heteroatoms. The average molecular weight is 520 g/mol. The number of aromatic hydroxyl groups is 1. The summed E-state index contributed by atoms with van der Waals surface area (Å²) in [7, 11) is 1.64. The first kappa shape index (κ1) is 20.5. The topological polar surface area (TPSA) is 54.3 Å². The van der Waals surface area contributed by atoms with Crippen molar-refractivity contribution in [1.82, 2.24) is 5.01 Å². The number of hydrazone groups is 1. The summed E-state index contributed by atoms with van der Waals surface area (Å²) in [4.78, 5) is 0. The van der Waals surface area contributed by atoms with Gasteiger partial charge in [-0.1, -0.05) is 39.1 Å². The van der Waals surface area contributed by atoms with Crippen LogP contribution in [0.1, 0.15) is 35.4 Å². The number of benzene rings is 3. The van der Waals surface area contributed by atoms with Crippen LogP contribution in [-0.4, -0.2) is 22.9 Å². The first-order chi connectivity index (χ1) is 14.9. The first-order valence-electron chi connectivity index (χ1n) is 9.59. The number of phenolic OH excluding ortho intramolecular Hbond substituents is 1. The molecule has 0 unspecified atom stereocenters. The van der Waals surface area contributed by atoms with E-state index in [4.69, 9.17) is 37.8 Å². The van der Waals surface area contributed by atoms with Crippen LogP contribution in [0.25, 0.3) is 0 Å². The van der Waals surface area contributed by atoms with Crippen molar-refractivity contribution in [2.24, 2.45) is 5.10 Å². The summed E-state index contributed by atoms with van der Waals surface area (Å²) in [6.45, 7) is 0. The Balaban J connectivity index is 1.62. The van der Waals surface area contributed by atoms with Gasteiger partial charge in [-0.3, -0.25) is 0 Å². The lowest BCUT2D eigenvalue weighted by Crippen LogP contribution is -2.33. The molecular weight excluding hydrogens is 503 g/mol. The van der Waals surface area contributed by atoms with Crippen molar-refractivity contribution in [3.8, 4) is 17.2 Å². The van der Waals surface area contributed by atoms with E-state index in [-0.39, 0.29) is 16.8 Å². The van der Waals surface area contributed by atoms with Crippen LogP contribution < -0.4 is 9.47 Å². The maximum Gasteiger partial charge on any atom is 0.217 e. The van der Waals surface area contributed by atoms with Gasteiger partial charge in [-0.05, 0) is 60.2 Å². The van der Waals surface area contributed by atoms with E-state index in [1.165, 1.54) is 6.07 Å². The van der Waals surface area contributed by atoms with Crippen LogP contribution in [-0.2, 0) is 0 Å². The van der Waals surface area contributed by atoms with E-state index in [2.05, 4.69) is 15.9 Å². The smallest absolute Gasteiger partial charge is 0.217 e. The quantitative estimate of drug-likeness (QED) is 0.417. The highest BCUT2D eigenvalue weighted by molar-refractivity contribution is 9.10. The predicted molar refractivity (Wildman–Crippen MR) is 124 cm³/mol. The molecule has 0 aliphatic carbocycles. The molecule has 0 bridgehead atoms. The molecule has 1 N–H and O–H groups in total. The number of ether oxygens (including phenoxy) is 2. The fourth-order valence-corrected chi connectivity index (χ4v) is 4.88. The summed E-state index contributed by atoms with van der Waals surface area (Å²) in [6.07, 6.45) is 0.00987. The Labute approximate surface area is 197 Å². The largest absolute Gasteiger partial charge is 0.506 e. The van der Waals surface area contributed by atoms with Crippen LogP contribution in [0, 0.1) is 0 Å². The SMILES string of the molecule is COc1ccc(C2=NN3[C@@H](c4cc(Cl)cc(Cl)c4O)Oc4ccc(Br)cc4[C@@H]3C2)cc1. The zero-order valence-corrected chi connectivity index (χ0v) is 19.4. The molecule has 0 amide bonds. The summed E-state index contributed by atoms with van der Waals surface area (Å²) < 4.78 is 12.5. The van der Waals surface area contributed by atoms with E-state index < -0.39 is 6.23 Å². The van der Waals surface area contributed by atoms with Crippen molar-refractivity contribution >= 4 is 44.8 Å². The first-order valence-corrected chi connectivity index (χ1v) is 11.1. The van der Waals surface area contributed by atoms with Crippen molar-refractivity contribution in [2.45, 2.75) is 18.7 Å². The molecule has 0 radical (unpaired) electrons. The number of fused-ring (bicyclic) bond motifs is 3. The van der Waals surface area contributed by atoms with Gasteiger partial charge in [0.1, 0.15) is 17.2 Å². The van der Waals surface area contributed by atoms with E-state index in [9.17, 15) is 5.11 Å². The van der Waals surface area contributed by atoms with Crippen LogP contribution in [0.2, 0.25) is 10.0 Å². The molecule has 0 saturated heterocycles. The van der Waals surface area contributed by atoms with Gasteiger partial charge in [0.25, 0.3) is 0 Å². The summed E-state index contributed by atoms with van der Waals surface area (Å²) in [5.74, 6) is 1.45. The number of halogens is 3. The molecule has 0 saturated carbocycles. The molecule has 0 spiro atoms. The fraction of sp³-hybridized carbons (Fsp3) is 0.174. The lowest BCUT2D eigenvalue weighted by Gasteiger charge is -2.38. The van der Waals surface area contributed by atoms with E-state index in [1.807, 2.05) is 47.5 Å². The molecule has 0 aromatic heterocycles. The van der Waals surface area contributed by atoms with Crippen LogP contribution in [0.5, 0.6) is 17.2 Å².